The molecule has 1 aromatic heterocycles. The van der Waals surface area contributed by atoms with Gasteiger partial charge in [-0.25, -0.2) is 13.4 Å². The molecule has 0 spiro atoms. The number of oxazole rings is 1. The molecular weight excluding hydrogens is 428 g/mol. The molecule has 32 heavy (non-hydrogen) atoms. The number of hydrogen-bond acceptors (Lipinski definition) is 6. The molecule has 1 aliphatic rings. The van der Waals surface area contributed by atoms with E-state index in [1.165, 1.54) is 10.4 Å². The second-order valence-corrected chi connectivity index (χ2v) is 9.79. The molecule has 4 rings (SSSR count). The Hall–Kier alpha value is -3.01. The van der Waals surface area contributed by atoms with Crippen molar-refractivity contribution in [3.05, 3.63) is 66.1 Å². The van der Waals surface area contributed by atoms with Crippen molar-refractivity contribution in [1.29, 1.82) is 0 Å². The van der Waals surface area contributed by atoms with Gasteiger partial charge in [-0.3, -0.25) is 4.79 Å². The highest BCUT2D eigenvalue weighted by Gasteiger charge is 2.27. The second kappa shape index (κ2) is 9.23. The Morgan fingerprint density at radius 2 is 1.78 bits per heavy atom. The predicted molar refractivity (Wildman–Crippen MR) is 122 cm³/mol. The zero-order valence-corrected chi connectivity index (χ0v) is 18.9. The largest absolute Gasteiger partial charge is 0.441 e. The molecule has 168 valence electrons. The molecule has 0 radical (unpaired) electrons. The van der Waals surface area contributed by atoms with E-state index in [-0.39, 0.29) is 17.2 Å². The van der Waals surface area contributed by atoms with Crippen molar-refractivity contribution in [2.75, 3.05) is 38.5 Å². The summed E-state index contributed by atoms with van der Waals surface area (Å²) in [4.78, 5) is 19.3. The summed E-state index contributed by atoms with van der Waals surface area (Å²) in [6, 6.07) is 15.8. The van der Waals surface area contributed by atoms with Crippen molar-refractivity contribution in [1.82, 2.24) is 14.2 Å². The normalized spacial score (nSPS) is 15.6. The fourth-order valence-corrected chi connectivity index (χ4v) is 5.03. The lowest BCUT2D eigenvalue weighted by atomic mass is 10.2. The molecule has 2 aromatic carbocycles. The number of amides is 1. The molecule has 0 bridgehead atoms. The summed E-state index contributed by atoms with van der Waals surface area (Å²) in [6.07, 6.45) is 0.0254. The zero-order chi connectivity index (χ0) is 22.7. The molecule has 0 unspecified atom stereocenters. The minimum atomic E-state index is -3.61. The maximum Gasteiger partial charge on any atom is 0.243 e. The summed E-state index contributed by atoms with van der Waals surface area (Å²) in [5.74, 6) is 0.742. The number of anilines is 1. The summed E-state index contributed by atoms with van der Waals surface area (Å²) in [5.41, 5.74) is 1.81. The van der Waals surface area contributed by atoms with Gasteiger partial charge < -0.3 is 14.6 Å². The second-order valence-electron chi connectivity index (χ2n) is 7.85. The number of benzene rings is 2. The minimum absolute atomic E-state index is 0.0254. The Labute approximate surface area is 187 Å². The van der Waals surface area contributed by atoms with Gasteiger partial charge in [-0.15, -0.1) is 0 Å². The number of aromatic nitrogens is 1. The summed E-state index contributed by atoms with van der Waals surface area (Å²) >= 11 is 0. The molecule has 9 heteroatoms. The molecular formula is C23H26N4O4S. The van der Waals surface area contributed by atoms with E-state index in [0.29, 0.717) is 49.2 Å². The van der Waals surface area contributed by atoms with E-state index in [2.05, 4.69) is 15.2 Å². The van der Waals surface area contributed by atoms with Gasteiger partial charge in [0.15, 0.2) is 0 Å². The zero-order valence-electron chi connectivity index (χ0n) is 18.1. The van der Waals surface area contributed by atoms with E-state index in [1.807, 2.05) is 37.4 Å². The van der Waals surface area contributed by atoms with Crippen LogP contribution in [0.15, 0.2) is 63.9 Å². The van der Waals surface area contributed by atoms with Gasteiger partial charge in [-0.1, -0.05) is 24.3 Å². The van der Waals surface area contributed by atoms with Crippen LogP contribution < -0.4 is 5.32 Å². The van der Waals surface area contributed by atoms with Crippen molar-refractivity contribution in [2.24, 2.45) is 0 Å². The Bertz CT molecular complexity index is 1200. The number of aryl methyl sites for hydroxylation is 1. The van der Waals surface area contributed by atoms with Crippen molar-refractivity contribution in [3.63, 3.8) is 0 Å². The van der Waals surface area contributed by atoms with Crippen molar-refractivity contribution in [3.8, 4) is 11.5 Å². The first kappa shape index (κ1) is 22.2. The quantitative estimate of drug-likeness (QED) is 0.615. The first-order valence-corrected chi connectivity index (χ1v) is 11.9. The fraction of sp³-hybridized carbons (Fsp3) is 0.304. The van der Waals surface area contributed by atoms with Gasteiger partial charge in [-0.05, 0) is 44.3 Å². The molecule has 8 nitrogen and oxygen atoms in total. The highest BCUT2D eigenvalue weighted by atomic mass is 32.2. The first-order chi connectivity index (χ1) is 15.3. The summed E-state index contributed by atoms with van der Waals surface area (Å²) in [6.45, 7) is 4.05. The molecule has 1 fully saturated rings. The van der Waals surface area contributed by atoms with Gasteiger partial charge in [0.05, 0.1) is 17.0 Å². The summed E-state index contributed by atoms with van der Waals surface area (Å²) in [5, 5.41) is 2.78. The van der Waals surface area contributed by atoms with E-state index >= 15 is 0 Å². The average molecular weight is 455 g/mol. The fourth-order valence-electron chi connectivity index (χ4n) is 3.57. The third-order valence-corrected chi connectivity index (χ3v) is 7.35. The highest BCUT2D eigenvalue weighted by molar-refractivity contribution is 7.89. The molecule has 3 aromatic rings. The average Bonchev–Trinajstić information content (AvgIpc) is 3.15. The van der Waals surface area contributed by atoms with E-state index in [0.717, 1.165) is 5.56 Å². The van der Waals surface area contributed by atoms with Crippen LogP contribution in [0.25, 0.3) is 11.5 Å². The van der Waals surface area contributed by atoms with Crippen molar-refractivity contribution in [2.45, 2.75) is 18.2 Å². The standard InChI is InChI=1S/C23H26N4O4S/c1-17-21(25-23(31-17)18-7-4-3-5-8-18)16-22(28)24-19-9-6-10-20(15-19)32(29,30)27-13-11-26(2)12-14-27/h3-10,15H,11-14,16H2,1-2H3,(H,24,28). The van der Waals surface area contributed by atoms with E-state index < -0.39 is 10.0 Å². The summed E-state index contributed by atoms with van der Waals surface area (Å²) in [7, 11) is -1.64. The molecule has 2 heterocycles. The Morgan fingerprint density at radius 3 is 2.50 bits per heavy atom. The Kier molecular flexibility index (Phi) is 6.40. The number of piperazine rings is 1. The lowest BCUT2D eigenvalue weighted by Crippen LogP contribution is -2.47. The number of nitrogens with one attached hydrogen (secondary N) is 1. The maximum absolute atomic E-state index is 13.0. The van der Waals surface area contributed by atoms with Gasteiger partial charge in [0.25, 0.3) is 0 Å². The third-order valence-electron chi connectivity index (χ3n) is 5.46. The topological polar surface area (TPSA) is 95.8 Å². The SMILES string of the molecule is Cc1oc(-c2ccccc2)nc1CC(=O)Nc1cccc(S(=O)(=O)N2CCN(C)CC2)c1. The maximum atomic E-state index is 13.0. The number of nitrogens with zero attached hydrogens (tertiary/aromatic N) is 3. The number of sulfonamides is 1. The smallest absolute Gasteiger partial charge is 0.243 e. The van der Waals surface area contributed by atoms with Crippen molar-refractivity contribution < 1.29 is 17.6 Å². The van der Waals surface area contributed by atoms with Crippen LogP contribution in [-0.4, -0.2) is 61.7 Å². The van der Waals surface area contributed by atoms with Crippen LogP contribution in [0.4, 0.5) is 5.69 Å². The lowest BCUT2D eigenvalue weighted by molar-refractivity contribution is -0.115. The van der Waals surface area contributed by atoms with Crippen LogP contribution in [0.1, 0.15) is 11.5 Å². The van der Waals surface area contributed by atoms with E-state index in [1.54, 1.807) is 25.1 Å². The number of hydrogen-bond donors (Lipinski definition) is 1. The number of carbonyl (C=O) groups is 1. The van der Waals surface area contributed by atoms with E-state index in [9.17, 15) is 13.2 Å². The molecule has 1 aliphatic heterocycles. The Morgan fingerprint density at radius 1 is 1.06 bits per heavy atom. The van der Waals surface area contributed by atoms with Crippen LogP contribution in [0.3, 0.4) is 0 Å². The third kappa shape index (κ3) is 4.90. The number of rotatable bonds is 6. The molecule has 1 amide bonds. The van der Waals surface area contributed by atoms with Gasteiger partial charge in [0, 0.05) is 37.4 Å². The molecule has 1 saturated heterocycles. The molecule has 0 aliphatic carbocycles. The van der Waals surface area contributed by atoms with Gasteiger partial charge in [-0.2, -0.15) is 4.31 Å². The minimum Gasteiger partial charge on any atom is -0.441 e. The number of carbonyl (C=O) groups excluding carboxylic acids is 1. The van der Waals surface area contributed by atoms with E-state index in [4.69, 9.17) is 4.42 Å². The summed E-state index contributed by atoms with van der Waals surface area (Å²) < 4.78 is 33.1. The van der Waals surface area contributed by atoms with Crippen LogP contribution in [0.5, 0.6) is 0 Å². The molecule has 0 atom stereocenters. The highest BCUT2D eigenvalue weighted by Crippen LogP contribution is 2.23. The van der Waals surface area contributed by atoms with Gasteiger partial charge >= 0.3 is 0 Å². The monoisotopic (exact) mass is 454 g/mol. The lowest BCUT2D eigenvalue weighted by Gasteiger charge is -2.31. The van der Waals surface area contributed by atoms with Gasteiger partial charge in [0.1, 0.15) is 5.76 Å². The molecule has 0 saturated carbocycles. The van der Waals surface area contributed by atoms with Crippen LogP contribution in [-0.2, 0) is 21.2 Å². The van der Waals surface area contributed by atoms with Crippen molar-refractivity contribution >= 4 is 21.6 Å². The van der Waals surface area contributed by atoms with Crippen LogP contribution in [0.2, 0.25) is 0 Å². The van der Waals surface area contributed by atoms with Crippen LogP contribution in [0, 0.1) is 6.92 Å². The molecule has 1 N–H and O–H groups in total. The first-order valence-electron chi connectivity index (χ1n) is 10.4. The van der Waals surface area contributed by atoms with Gasteiger partial charge in [0.2, 0.25) is 21.8 Å². The number of likely N-dealkylation sites (N-methyl/N-ethyl adjacent to an activating group) is 1. The van der Waals surface area contributed by atoms with Crippen LogP contribution >= 0.6 is 0 Å². The predicted octanol–water partition coefficient (Wildman–Crippen LogP) is 2.77. The Balaban J connectivity index is 1.45.